The molecule has 162 valence electrons. The highest BCUT2D eigenvalue weighted by atomic mass is 19.4. The fraction of sp³-hybridized carbons (Fsp3) is 0.316. The maximum Gasteiger partial charge on any atom is 0.433 e. The first kappa shape index (κ1) is 20.6. The largest absolute Gasteiger partial charge is 0.433 e. The Hall–Kier alpha value is -3.70. The van der Waals surface area contributed by atoms with E-state index >= 15 is 0 Å². The van der Waals surface area contributed by atoms with Crippen molar-refractivity contribution in [1.29, 1.82) is 0 Å². The van der Waals surface area contributed by atoms with Crippen molar-refractivity contribution in [2.45, 2.75) is 26.2 Å². The summed E-state index contributed by atoms with van der Waals surface area (Å²) in [5, 5.41) is 10.1. The van der Waals surface area contributed by atoms with Crippen molar-refractivity contribution in [3.63, 3.8) is 0 Å². The van der Waals surface area contributed by atoms with Crippen LogP contribution in [0.4, 0.5) is 30.6 Å². The van der Waals surface area contributed by atoms with E-state index in [0.29, 0.717) is 35.3 Å². The summed E-state index contributed by atoms with van der Waals surface area (Å²) in [7, 11) is 1.78. The van der Waals surface area contributed by atoms with E-state index in [1.54, 1.807) is 35.9 Å². The minimum absolute atomic E-state index is 0.119. The van der Waals surface area contributed by atoms with Crippen LogP contribution in [0.5, 0.6) is 0 Å². The van der Waals surface area contributed by atoms with E-state index in [1.807, 2.05) is 0 Å². The summed E-state index contributed by atoms with van der Waals surface area (Å²) in [6, 6.07) is 2.53. The number of nitrogens with zero attached hydrogens (tertiary/aromatic N) is 6. The summed E-state index contributed by atoms with van der Waals surface area (Å²) in [5.41, 5.74) is 1.56. The highest BCUT2D eigenvalue weighted by Gasteiger charge is 2.32. The lowest BCUT2D eigenvalue weighted by Crippen LogP contribution is -2.36. The molecule has 0 aliphatic carbocycles. The fourth-order valence-electron chi connectivity index (χ4n) is 3.21. The molecule has 0 radical (unpaired) electrons. The minimum Gasteiger partial charge on any atom is -0.350 e. The van der Waals surface area contributed by atoms with Crippen molar-refractivity contribution < 1.29 is 18.0 Å². The number of carbonyl (C=O) groups excluding carboxylic acids is 1. The molecular formula is C19H19F3N8O. The Kier molecular flexibility index (Phi) is 5.21. The summed E-state index contributed by atoms with van der Waals surface area (Å²) in [4.78, 5) is 25.6. The molecule has 0 saturated heterocycles. The molecule has 12 heteroatoms. The molecule has 0 spiro atoms. The number of alkyl halides is 3. The lowest BCUT2D eigenvalue weighted by Gasteiger charge is -2.27. The van der Waals surface area contributed by atoms with Crippen LogP contribution in [0.3, 0.4) is 0 Å². The third-order valence-electron chi connectivity index (χ3n) is 4.67. The number of nitrogens with one attached hydrogen (secondary N) is 2. The number of anilines is 3. The lowest BCUT2D eigenvalue weighted by atomic mass is 10.2. The normalized spacial score (nSPS) is 13.7. The van der Waals surface area contributed by atoms with Crippen LogP contribution < -0.4 is 15.5 Å². The summed E-state index contributed by atoms with van der Waals surface area (Å²) in [6.07, 6.45) is 0.00713. The van der Waals surface area contributed by atoms with E-state index in [2.05, 4.69) is 30.7 Å². The number of aromatic nitrogens is 5. The predicted octanol–water partition coefficient (Wildman–Crippen LogP) is 2.44. The molecule has 2 N–H and O–H groups in total. The molecule has 0 bridgehead atoms. The van der Waals surface area contributed by atoms with Crippen molar-refractivity contribution in [3.8, 4) is 0 Å². The zero-order valence-electron chi connectivity index (χ0n) is 16.7. The summed E-state index contributed by atoms with van der Waals surface area (Å²) in [5.74, 6) is 0.908. The van der Waals surface area contributed by atoms with Crippen molar-refractivity contribution in [3.05, 3.63) is 53.2 Å². The van der Waals surface area contributed by atoms with E-state index in [-0.39, 0.29) is 19.0 Å². The number of hydrogen-bond acceptors (Lipinski definition) is 7. The van der Waals surface area contributed by atoms with Gasteiger partial charge in [-0.2, -0.15) is 23.3 Å². The van der Waals surface area contributed by atoms with Crippen LogP contribution in [0.25, 0.3) is 0 Å². The van der Waals surface area contributed by atoms with Gasteiger partial charge in [-0.3, -0.25) is 14.5 Å². The molecule has 0 atom stereocenters. The van der Waals surface area contributed by atoms with Gasteiger partial charge >= 0.3 is 6.18 Å². The van der Waals surface area contributed by atoms with Gasteiger partial charge in [-0.1, -0.05) is 0 Å². The maximum absolute atomic E-state index is 12.8. The number of likely N-dealkylation sites (N-methyl/N-ethyl adjacent to an activating group) is 1. The number of pyridine rings is 1. The molecule has 3 aromatic rings. The van der Waals surface area contributed by atoms with Crippen LogP contribution in [-0.2, 0) is 24.1 Å². The lowest BCUT2D eigenvalue weighted by molar-refractivity contribution is -0.141. The van der Waals surface area contributed by atoms with E-state index in [9.17, 15) is 18.0 Å². The number of carbonyl (C=O) groups is 1. The molecule has 0 unspecified atom stereocenters. The molecule has 3 aromatic heterocycles. The first-order valence-electron chi connectivity index (χ1n) is 9.36. The van der Waals surface area contributed by atoms with Crippen molar-refractivity contribution in [2.24, 2.45) is 0 Å². The van der Waals surface area contributed by atoms with Crippen LogP contribution in [0.15, 0.2) is 30.7 Å². The molecule has 4 rings (SSSR count). The van der Waals surface area contributed by atoms with Crippen molar-refractivity contribution in [1.82, 2.24) is 24.7 Å². The van der Waals surface area contributed by atoms with Crippen molar-refractivity contribution in [2.75, 3.05) is 29.1 Å². The standard InChI is InChI=1S/C19H19F3N8O/c1-11-16-17(29(2)10-15(31)27-16)28-18(26-11)24-6-13-7-25-30(9-13)8-12-3-4-23-14(5-12)19(20,21)22/h3-5,7,9H,6,8,10H2,1-2H3,(H,27,31)(H,24,26,28). The zero-order valence-corrected chi connectivity index (χ0v) is 16.7. The molecule has 0 saturated carbocycles. The topological polar surface area (TPSA) is 101 Å². The maximum atomic E-state index is 12.8. The zero-order chi connectivity index (χ0) is 22.2. The Morgan fingerprint density at radius 2 is 2.06 bits per heavy atom. The quantitative estimate of drug-likeness (QED) is 0.639. The Bertz CT molecular complexity index is 1130. The van der Waals surface area contributed by atoms with Gasteiger partial charge in [0.25, 0.3) is 0 Å². The molecular weight excluding hydrogens is 413 g/mol. The van der Waals surface area contributed by atoms with Crippen LogP contribution in [0, 0.1) is 6.92 Å². The van der Waals surface area contributed by atoms with Crippen LogP contribution in [-0.4, -0.2) is 44.2 Å². The average Bonchev–Trinajstić information content (AvgIpc) is 3.14. The third kappa shape index (κ3) is 4.57. The van der Waals surface area contributed by atoms with E-state index in [4.69, 9.17) is 0 Å². The van der Waals surface area contributed by atoms with Gasteiger partial charge in [0.15, 0.2) is 5.82 Å². The predicted molar refractivity (Wildman–Crippen MR) is 107 cm³/mol. The molecule has 31 heavy (non-hydrogen) atoms. The first-order chi connectivity index (χ1) is 14.7. The van der Waals surface area contributed by atoms with Crippen molar-refractivity contribution >= 4 is 23.4 Å². The number of amides is 1. The second-order valence-electron chi connectivity index (χ2n) is 7.18. The second kappa shape index (κ2) is 7.85. The number of hydrogen-bond donors (Lipinski definition) is 2. The van der Waals surface area contributed by atoms with E-state index < -0.39 is 11.9 Å². The second-order valence-corrected chi connectivity index (χ2v) is 7.18. The smallest absolute Gasteiger partial charge is 0.350 e. The monoisotopic (exact) mass is 432 g/mol. The fourth-order valence-corrected chi connectivity index (χ4v) is 3.21. The molecule has 1 aliphatic rings. The highest BCUT2D eigenvalue weighted by molar-refractivity contribution is 6.00. The Balaban J connectivity index is 1.43. The Morgan fingerprint density at radius 1 is 1.26 bits per heavy atom. The van der Waals surface area contributed by atoms with Gasteiger partial charge in [-0.25, -0.2) is 4.98 Å². The van der Waals surface area contributed by atoms with Gasteiger partial charge in [0.1, 0.15) is 11.4 Å². The Labute approximate surface area is 175 Å². The van der Waals surface area contributed by atoms with Gasteiger partial charge in [-0.15, -0.1) is 0 Å². The van der Waals surface area contributed by atoms with Gasteiger partial charge in [-0.05, 0) is 24.6 Å². The molecule has 1 aliphatic heterocycles. The van der Waals surface area contributed by atoms with Gasteiger partial charge in [0.05, 0.1) is 25.0 Å². The van der Waals surface area contributed by atoms with Gasteiger partial charge < -0.3 is 15.5 Å². The number of aryl methyl sites for hydroxylation is 1. The molecule has 0 aromatic carbocycles. The van der Waals surface area contributed by atoms with Crippen LogP contribution >= 0.6 is 0 Å². The number of fused-ring (bicyclic) bond motifs is 1. The average molecular weight is 432 g/mol. The highest BCUT2D eigenvalue weighted by Crippen LogP contribution is 2.30. The third-order valence-corrected chi connectivity index (χ3v) is 4.67. The van der Waals surface area contributed by atoms with Crippen LogP contribution in [0.2, 0.25) is 0 Å². The first-order valence-corrected chi connectivity index (χ1v) is 9.36. The van der Waals surface area contributed by atoms with Gasteiger partial charge in [0, 0.05) is 31.5 Å². The minimum atomic E-state index is -4.49. The molecule has 4 heterocycles. The van der Waals surface area contributed by atoms with E-state index in [1.165, 1.54) is 6.07 Å². The summed E-state index contributed by atoms with van der Waals surface area (Å²) in [6.45, 7) is 2.55. The van der Waals surface area contributed by atoms with Gasteiger partial charge in [0.2, 0.25) is 11.9 Å². The Morgan fingerprint density at radius 3 is 2.84 bits per heavy atom. The molecule has 1 amide bonds. The number of halogens is 3. The summed E-state index contributed by atoms with van der Waals surface area (Å²) >= 11 is 0. The molecule has 9 nitrogen and oxygen atoms in total. The molecule has 0 fully saturated rings. The number of rotatable bonds is 5. The SMILES string of the molecule is Cc1nc(NCc2cnn(Cc3ccnc(C(F)(F)F)c3)c2)nc2c1NC(=O)CN2C. The van der Waals surface area contributed by atoms with Crippen LogP contribution in [0.1, 0.15) is 22.5 Å². The van der Waals surface area contributed by atoms with E-state index in [0.717, 1.165) is 17.8 Å². The summed E-state index contributed by atoms with van der Waals surface area (Å²) < 4.78 is 40.0.